The number of hydrogen-bond donors (Lipinski definition) is 1. The molecule has 0 saturated heterocycles. The van der Waals surface area contributed by atoms with E-state index in [9.17, 15) is 8.42 Å². The summed E-state index contributed by atoms with van der Waals surface area (Å²) in [6.45, 7) is 0. The SMILES string of the molecule is Nc1ccc2c(c1)CCS(=O)(=O)C2. The van der Waals surface area contributed by atoms with E-state index in [0.717, 1.165) is 11.1 Å². The van der Waals surface area contributed by atoms with Crippen LogP contribution in [0.3, 0.4) is 0 Å². The van der Waals surface area contributed by atoms with Gasteiger partial charge >= 0.3 is 0 Å². The fourth-order valence-electron chi connectivity index (χ4n) is 1.59. The number of fused-ring (bicyclic) bond motifs is 1. The first-order valence-corrected chi connectivity index (χ1v) is 5.97. The number of sulfone groups is 1. The Bertz CT molecular complexity index is 437. The Morgan fingerprint density at radius 2 is 2.00 bits per heavy atom. The summed E-state index contributed by atoms with van der Waals surface area (Å²) in [5.74, 6) is 0.423. The van der Waals surface area contributed by atoms with Gasteiger partial charge in [0.15, 0.2) is 9.84 Å². The maximum Gasteiger partial charge on any atom is 0.154 e. The smallest absolute Gasteiger partial charge is 0.154 e. The summed E-state index contributed by atoms with van der Waals surface area (Å²) in [4.78, 5) is 0. The van der Waals surface area contributed by atoms with E-state index in [0.29, 0.717) is 12.1 Å². The van der Waals surface area contributed by atoms with Gasteiger partial charge in [-0.25, -0.2) is 8.42 Å². The van der Waals surface area contributed by atoms with Gasteiger partial charge in [0.1, 0.15) is 0 Å². The van der Waals surface area contributed by atoms with Gasteiger partial charge in [-0.15, -0.1) is 0 Å². The van der Waals surface area contributed by atoms with Gasteiger partial charge in [-0.3, -0.25) is 0 Å². The van der Waals surface area contributed by atoms with Crippen LogP contribution in [0.5, 0.6) is 0 Å². The minimum absolute atomic E-state index is 0.169. The average molecular weight is 197 g/mol. The fourth-order valence-corrected chi connectivity index (χ4v) is 3.02. The third-order valence-electron chi connectivity index (χ3n) is 2.29. The lowest BCUT2D eigenvalue weighted by Gasteiger charge is -2.16. The van der Waals surface area contributed by atoms with E-state index in [1.807, 2.05) is 6.07 Å². The Morgan fingerprint density at radius 3 is 2.77 bits per heavy atom. The van der Waals surface area contributed by atoms with Crippen LogP contribution in [0.15, 0.2) is 18.2 Å². The highest BCUT2D eigenvalue weighted by Gasteiger charge is 2.20. The molecule has 4 heteroatoms. The van der Waals surface area contributed by atoms with Gasteiger partial charge in [0.2, 0.25) is 0 Å². The lowest BCUT2D eigenvalue weighted by molar-refractivity contribution is 0.591. The summed E-state index contributed by atoms with van der Waals surface area (Å²) < 4.78 is 22.5. The zero-order valence-electron chi connectivity index (χ0n) is 7.16. The summed E-state index contributed by atoms with van der Waals surface area (Å²) in [7, 11) is -2.85. The second-order valence-corrected chi connectivity index (χ2v) is 5.55. The van der Waals surface area contributed by atoms with Gasteiger partial charge in [-0.05, 0) is 29.7 Å². The molecule has 1 aliphatic rings. The van der Waals surface area contributed by atoms with E-state index in [1.165, 1.54) is 0 Å². The molecular formula is C9H11NO2S. The topological polar surface area (TPSA) is 60.2 Å². The predicted octanol–water partition coefficient (Wildman–Crippen LogP) is 0.740. The van der Waals surface area contributed by atoms with Crippen molar-refractivity contribution in [1.82, 2.24) is 0 Å². The Balaban J connectivity index is 2.48. The molecule has 0 spiro atoms. The minimum atomic E-state index is -2.85. The molecule has 1 aromatic carbocycles. The number of hydrogen-bond acceptors (Lipinski definition) is 3. The number of nitrogens with two attached hydrogens (primary N) is 1. The van der Waals surface area contributed by atoms with Crippen LogP contribution in [0, 0.1) is 0 Å². The standard InChI is InChI=1S/C9H11NO2S/c10-9-2-1-8-6-13(11,12)4-3-7(8)5-9/h1-2,5H,3-4,6,10H2. The zero-order valence-corrected chi connectivity index (χ0v) is 7.97. The van der Waals surface area contributed by atoms with Crippen molar-refractivity contribution in [3.05, 3.63) is 29.3 Å². The number of benzene rings is 1. The van der Waals surface area contributed by atoms with Crippen LogP contribution >= 0.6 is 0 Å². The summed E-state index contributed by atoms with van der Waals surface area (Å²) in [5, 5.41) is 0. The number of aryl methyl sites for hydroxylation is 1. The molecule has 2 N–H and O–H groups in total. The van der Waals surface area contributed by atoms with E-state index in [-0.39, 0.29) is 11.5 Å². The van der Waals surface area contributed by atoms with E-state index in [2.05, 4.69) is 0 Å². The molecule has 0 bridgehead atoms. The zero-order chi connectivity index (χ0) is 9.47. The van der Waals surface area contributed by atoms with Crippen molar-refractivity contribution in [3.8, 4) is 0 Å². The fraction of sp³-hybridized carbons (Fsp3) is 0.333. The van der Waals surface area contributed by atoms with Crippen LogP contribution in [-0.2, 0) is 22.0 Å². The molecule has 70 valence electrons. The van der Waals surface area contributed by atoms with Crippen molar-refractivity contribution in [2.24, 2.45) is 0 Å². The predicted molar refractivity (Wildman–Crippen MR) is 52.0 cm³/mol. The molecule has 0 saturated carbocycles. The van der Waals surface area contributed by atoms with Crippen molar-refractivity contribution in [3.63, 3.8) is 0 Å². The van der Waals surface area contributed by atoms with Gasteiger partial charge in [0, 0.05) is 5.69 Å². The summed E-state index contributed by atoms with van der Waals surface area (Å²) in [5.41, 5.74) is 8.29. The van der Waals surface area contributed by atoms with Crippen LogP contribution in [0.4, 0.5) is 5.69 Å². The quantitative estimate of drug-likeness (QED) is 0.624. The van der Waals surface area contributed by atoms with Crippen LogP contribution in [0.2, 0.25) is 0 Å². The molecule has 0 aliphatic carbocycles. The van der Waals surface area contributed by atoms with Gasteiger partial charge in [-0.2, -0.15) is 0 Å². The first-order valence-electron chi connectivity index (χ1n) is 4.14. The number of nitrogen functional groups attached to an aromatic ring is 1. The summed E-state index contributed by atoms with van der Waals surface area (Å²) in [6.07, 6.45) is 0.600. The normalized spacial score (nSPS) is 19.4. The third kappa shape index (κ3) is 1.67. The van der Waals surface area contributed by atoms with Gasteiger partial charge in [-0.1, -0.05) is 6.07 Å². The maximum atomic E-state index is 11.3. The van der Waals surface area contributed by atoms with E-state index >= 15 is 0 Å². The highest BCUT2D eigenvalue weighted by molar-refractivity contribution is 7.90. The van der Waals surface area contributed by atoms with Crippen LogP contribution in [0.25, 0.3) is 0 Å². The van der Waals surface area contributed by atoms with Crippen LogP contribution in [0.1, 0.15) is 11.1 Å². The van der Waals surface area contributed by atoms with Crippen molar-refractivity contribution >= 4 is 15.5 Å². The Kier molecular flexibility index (Phi) is 1.80. The highest BCUT2D eigenvalue weighted by Crippen LogP contribution is 2.22. The van der Waals surface area contributed by atoms with E-state index < -0.39 is 9.84 Å². The molecule has 0 amide bonds. The number of rotatable bonds is 0. The summed E-state index contributed by atoms with van der Waals surface area (Å²) in [6, 6.07) is 5.42. The molecule has 3 nitrogen and oxygen atoms in total. The second kappa shape index (κ2) is 2.73. The van der Waals surface area contributed by atoms with Crippen molar-refractivity contribution in [2.75, 3.05) is 11.5 Å². The summed E-state index contributed by atoms with van der Waals surface area (Å²) >= 11 is 0. The molecule has 0 aromatic heterocycles. The Labute approximate surface area is 77.5 Å². The lowest BCUT2D eigenvalue weighted by atomic mass is 10.1. The first-order chi connectivity index (χ1) is 6.07. The molecule has 13 heavy (non-hydrogen) atoms. The molecule has 2 rings (SSSR count). The van der Waals surface area contributed by atoms with Gasteiger partial charge < -0.3 is 5.73 Å². The average Bonchev–Trinajstić information content (AvgIpc) is 2.05. The molecular weight excluding hydrogens is 186 g/mol. The Hall–Kier alpha value is -1.03. The molecule has 1 aromatic rings. The van der Waals surface area contributed by atoms with E-state index in [4.69, 9.17) is 5.73 Å². The molecule has 1 heterocycles. The maximum absolute atomic E-state index is 11.3. The Morgan fingerprint density at radius 1 is 1.23 bits per heavy atom. The van der Waals surface area contributed by atoms with Crippen molar-refractivity contribution < 1.29 is 8.42 Å². The molecule has 1 aliphatic heterocycles. The molecule has 0 radical (unpaired) electrons. The highest BCUT2D eigenvalue weighted by atomic mass is 32.2. The lowest BCUT2D eigenvalue weighted by Crippen LogP contribution is -2.18. The molecule has 0 fully saturated rings. The number of anilines is 1. The van der Waals surface area contributed by atoms with Crippen LogP contribution < -0.4 is 5.73 Å². The third-order valence-corrected chi connectivity index (χ3v) is 3.87. The van der Waals surface area contributed by atoms with Crippen molar-refractivity contribution in [1.29, 1.82) is 0 Å². The monoisotopic (exact) mass is 197 g/mol. The van der Waals surface area contributed by atoms with E-state index in [1.54, 1.807) is 12.1 Å². The second-order valence-electron chi connectivity index (χ2n) is 3.37. The molecule has 0 atom stereocenters. The molecule has 0 unspecified atom stereocenters. The van der Waals surface area contributed by atoms with Gasteiger partial charge in [0.05, 0.1) is 11.5 Å². The first kappa shape index (κ1) is 8.56. The van der Waals surface area contributed by atoms with Crippen LogP contribution in [-0.4, -0.2) is 14.2 Å². The van der Waals surface area contributed by atoms with Gasteiger partial charge in [0.25, 0.3) is 0 Å². The largest absolute Gasteiger partial charge is 0.399 e. The van der Waals surface area contributed by atoms with Crippen molar-refractivity contribution in [2.45, 2.75) is 12.2 Å². The minimum Gasteiger partial charge on any atom is -0.399 e.